The van der Waals surface area contributed by atoms with E-state index in [-0.39, 0.29) is 5.91 Å². The highest BCUT2D eigenvalue weighted by atomic mass is 16.5. The molecule has 0 spiro atoms. The minimum absolute atomic E-state index is 0.173. The standard InChI is InChI=1S/C32H47N3O4/c1-5-6-7-8-9-10-11-12-13-16-22-35-27-19-15-14-18-26(27)34-30(35)20-17-21-33-32(36)25-23-28(37-2)31(39-4)29(24-25)38-3/h14-15,18-19,23-24H,5-13,16-17,20-22H2,1-4H3,(H,33,36). The number of aromatic nitrogens is 2. The molecule has 0 aliphatic rings. The van der Waals surface area contributed by atoms with Crippen LogP contribution in [0.15, 0.2) is 36.4 Å². The van der Waals surface area contributed by atoms with Crippen LogP contribution in [0.5, 0.6) is 17.2 Å². The van der Waals surface area contributed by atoms with Crippen molar-refractivity contribution in [3.05, 3.63) is 47.8 Å². The average Bonchev–Trinajstić information content (AvgIpc) is 3.32. The molecule has 1 N–H and O–H groups in total. The van der Waals surface area contributed by atoms with Crippen molar-refractivity contribution in [3.63, 3.8) is 0 Å². The van der Waals surface area contributed by atoms with Gasteiger partial charge in [-0.05, 0) is 37.1 Å². The van der Waals surface area contributed by atoms with E-state index in [0.717, 1.165) is 30.7 Å². The van der Waals surface area contributed by atoms with E-state index in [1.54, 1.807) is 33.5 Å². The van der Waals surface area contributed by atoms with E-state index in [1.165, 1.54) is 69.7 Å². The zero-order chi connectivity index (χ0) is 27.9. The van der Waals surface area contributed by atoms with Crippen LogP contribution < -0.4 is 19.5 Å². The second-order valence-corrected chi connectivity index (χ2v) is 10.1. The molecule has 0 radical (unpaired) electrons. The number of nitrogens with zero attached hydrogens (tertiary/aromatic N) is 2. The van der Waals surface area contributed by atoms with E-state index in [2.05, 4.69) is 35.0 Å². The van der Waals surface area contributed by atoms with Gasteiger partial charge in [-0.15, -0.1) is 0 Å². The molecule has 0 saturated heterocycles. The first-order chi connectivity index (χ1) is 19.1. The number of fused-ring (bicyclic) bond motifs is 1. The van der Waals surface area contributed by atoms with E-state index in [4.69, 9.17) is 19.2 Å². The van der Waals surface area contributed by atoms with Crippen LogP contribution in [-0.4, -0.2) is 43.3 Å². The van der Waals surface area contributed by atoms with Crippen molar-refractivity contribution in [2.45, 2.75) is 90.5 Å². The SMILES string of the molecule is CCCCCCCCCCCCn1c(CCCNC(=O)c2cc(OC)c(OC)c(OC)c2)nc2ccccc21. The Balaban J connectivity index is 1.49. The highest BCUT2D eigenvalue weighted by Crippen LogP contribution is 2.38. The molecular formula is C32H47N3O4. The van der Waals surface area contributed by atoms with Crippen molar-refractivity contribution in [3.8, 4) is 17.2 Å². The Morgan fingerprint density at radius 2 is 1.44 bits per heavy atom. The zero-order valence-electron chi connectivity index (χ0n) is 24.4. The zero-order valence-corrected chi connectivity index (χ0v) is 24.4. The van der Waals surface area contributed by atoms with Crippen molar-refractivity contribution in [2.24, 2.45) is 0 Å². The van der Waals surface area contributed by atoms with Gasteiger partial charge >= 0.3 is 0 Å². The van der Waals surface area contributed by atoms with Crippen LogP contribution in [-0.2, 0) is 13.0 Å². The van der Waals surface area contributed by atoms with Crippen molar-refractivity contribution in [1.82, 2.24) is 14.9 Å². The number of benzene rings is 2. The summed E-state index contributed by atoms with van der Waals surface area (Å²) in [7, 11) is 4.63. The molecule has 39 heavy (non-hydrogen) atoms. The summed E-state index contributed by atoms with van der Waals surface area (Å²) >= 11 is 0. The van der Waals surface area contributed by atoms with Gasteiger partial charge in [0.2, 0.25) is 5.75 Å². The lowest BCUT2D eigenvalue weighted by Gasteiger charge is -2.14. The van der Waals surface area contributed by atoms with E-state index in [9.17, 15) is 4.79 Å². The van der Waals surface area contributed by atoms with Crippen LogP contribution >= 0.6 is 0 Å². The summed E-state index contributed by atoms with van der Waals surface area (Å²) in [6.45, 7) is 3.81. The summed E-state index contributed by atoms with van der Waals surface area (Å²) in [6.07, 6.45) is 14.9. The molecule has 2 aromatic carbocycles. The molecular weight excluding hydrogens is 490 g/mol. The van der Waals surface area contributed by atoms with Gasteiger partial charge < -0.3 is 24.1 Å². The monoisotopic (exact) mass is 537 g/mol. The third kappa shape index (κ3) is 8.91. The van der Waals surface area contributed by atoms with Gasteiger partial charge in [0.05, 0.1) is 32.4 Å². The number of carbonyl (C=O) groups is 1. The molecule has 214 valence electrons. The molecule has 0 saturated carbocycles. The molecule has 0 aliphatic carbocycles. The molecule has 1 amide bonds. The maximum Gasteiger partial charge on any atom is 0.251 e. The first-order valence-corrected chi connectivity index (χ1v) is 14.6. The highest BCUT2D eigenvalue weighted by Gasteiger charge is 2.17. The summed E-state index contributed by atoms with van der Waals surface area (Å²) in [5, 5.41) is 3.02. The van der Waals surface area contributed by atoms with E-state index < -0.39 is 0 Å². The molecule has 1 aromatic heterocycles. The van der Waals surface area contributed by atoms with Crippen molar-refractivity contribution in [1.29, 1.82) is 0 Å². The number of nitrogens with one attached hydrogen (secondary N) is 1. The van der Waals surface area contributed by atoms with Crippen LogP contribution in [0.25, 0.3) is 11.0 Å². The predicted octanol–water partition coefficient (Wildman–Crippen LogP) is 7.35. The van der Waals surface area contributed by atoms with Crippen molar-refractivity contribution >= 4 is 16.9 Å². The summed E-state index contributed by atoms with van der Waals surface area (Å²) in [5.74, 6) is 2.31. The summed E-state index contributed by atoms with van der Waals surface area (Å²) in [6, 6.07) is 11.7. The molecule has 3 rings (SSSR count). The van der Waals surface area contributed by atoms with Gasteiger partial charge in [0.1, 0.15) is 5.82 Å². The lowest BCUT2D eigenvalue weighted by Crippen LogP contribution is -2.25. The number of amides is 1. The third-order valence-corrected chi connectivity index (χ3v) is 7.26. The molecule has 0 unspecified atom stereocenters. The minimum atomic E-state index is -0.173. The van der Waals surface area contributed by atoms with E-state index >= 15 is 0 Å². The van der Waals surface area contributed by atoms with Crippen LogP contribution in [0.3, 0.4) is 0 Å². The molecule has 7 heteroatoms. The minimum Gasteiger partial charge on any atom is -0.493 e. The highest BCUT2D eigenvalue weighted by molar-refractivity contribution is 5.95. The third-order valence-electron chi connectivity index (χ3n) is 7.26. The Bertz CT molecular complexity index is 1130. The van der Waals surface area contributed by atoms with Crippen LogP contribution in [0.2, 0.25) is 0 Å². The van der Waals surface area contributed by atoms with Gasteiger partial charge in [-0.1, -0.05) is 76.8 Å². The van der Waals surface area contributed by atoms with Crippen LogP contribution in [0.4, 0.5) is 0 Å². The summed E-state index contributed by atoms with van der Waals surface area (Å²) in [4.78, 5) is 17.8. The number of carbonyl (C=O) groups excluding carboxylic acids is 1. The number of rotatable bonds is 19. The fourth-order valence-corrected chi connectivity index (χ4v) is 5.09. The number of para-hydroxylation sites is 2. The van der Waals surface area contributed by atoms with Gasteiger partial charge in [-0.3, -0.25) is 4.79 Å². The molecule has 0 atom stereocenters. The molecule has 1 heterocycles. The fraction of sp³-hybridized carbons (Fsp3) is 0.562. The number of unbranched alkanes of at least 4 members (excludes halogenated alkanes) is 9. The van der Waals surface area contributed by atoms with E-state index in [1.807, 2.05) is 6.07 Å². The smallest absolute Gasteiger partial charge is 0.251 e. The second kappa shape index (κ2) is 16.7. The summed E-state index contributed by atoms with van der Waals surface area (Å²) in [5.41, 5.74) is 2.71. The van der Waals surface area contributed by atoms with Crippen molar-refractivity contribution < 1.29 is 19.0 Å². The topological polar surface area (TPSA) is 74.6 Å². The molecule has 7 nitrogen and oxygen atoms in total. The number of methoxy groups -OCH3 is 3. The maximum atomic E-state index is 12.8. The molecule has 0 aliphatic heterocycles. The number of aryl methyl sites for hydroxylation is 2. The fourth-order valence-electron chi connectivity index (χ4n) is 5.09. The van der Waals surface area contributed by atoms with Gasteiger partial charge in [0.15, 0.2) is 11.5 Å². The van der Waals surface area contributed by atoms with Crippen LogP contribution in [0, 0.1) is 0 Å². The Kier molecular flexibility index (Phi) is 13.0. The van der Waals surface area contributed by atoms with Gasteiger partial charge in [0.25, 0.3) is 5.91 Å². The number of imidazole rings is 1. The van der Waals surface area contributed by atoms with Crippen LogP contribution in [0.1, 0.15) is 93.7 Å². The van der Waals surface area contributed by atoms with Gasteiger partial charge in [-0.2, -0.15) is 0 Å². The van der Waals surface area contributed by atoms with E-state index in [0.29, 0.717) is 29.4 Å². The normalized spacial score (nSPS) is 11.1. The first-order valence-electron chi connectivity index (χ1n) is 14.6. The maximum absolute atomic E-state index is 12.8. The quantitative estimate of drug-likeness (QED) is 0.162. The lowest BCUT2D eigenvalue weighted by molar-refractivity contribution is 0.0952. The Morgan fingerprint density at radius 3 is 2.05 bits per heavy atom. The lowest BCUT2D eigenvalue weighted by atomic mass is 10.1. The molecule has 0 bridgehead atoms. The number of hydrogen-bond acceptors (Lipinski definition) is 5. The van der Waals surface area contributed by atoms with Crippen molar-refractivity contribution in [2.75, 3.05) is 27.9 Å². The predicted molar refractivity (Wildman–Crippen MR) is 158 cm³/mol. The Morgan fingerprint density at radius 1 is 0.821 bits per heavy atom. The number of hydrogen-bond donors (Lipinski definition) is 1. The Hall–Kier alpha value is -3.22. The van der Waals surface area contributed by atoms with Gasteiger partial charge in [0, 0.05) is 25.1 Å². The first kappa shape index (κ1) is 30.3. The molecule has 3 aromatic rings. The Labute approximate surface area is 234 Å². The molecule has 0 fully saturated rings. The largest absolute Gasteiger partial charge is 0.493 e. The summed E-state index contributed by atoms with van der Waals surface area (Å²) < 4.78 is 18.5. The number of ether oxygens (including phenoxy) is 3. The average molecular weight is 538 g/mol. The second-order valence-electron chi connectivity index (χ2n) is 10.1. The van der Waals surface area contributed by atoms with Gasteiger partial charge in [-0.25, -0.2) is 4.98 Å².